The molecule has 0 saturated heterocycles. The molecule has 1 nitrogen and oxygen atoms in total. The summed E-state index contributed by atoms with van der Waals surface area (Å²) in [7, 11) is 0. The Hall–Kier alpha value is 1.93. The van der Waals surface area contributed by atoms with Crippen LogP contribution in [-0.4, -0.2) is 5.78 Å². The molecular formula is C25H52La2O-4. The SMILES string of the molecule is [CH2-]C(=O)C(C)C.[CH2-]C(C)C.[CH2-]CC(C)(C)CCC.[CH2-]CC(C)(C)CCC.[La].[La]. The summed E-state index contributed by atoms with van der Waals surface area (Å²) in [6.45, 7) is 35.9. The van der Waals surface area contributed by atoms with E-state index < -0.39 is 0 Å². The molecule has 0 aromatic rings. The van der Waals surface area contributed by atoms with E-state index in [0.717, 1.165) is 12.8 Å². The number of hydrogen-bond acceptors (Lipinski definition) is 1. The Balaban J connectivity index is -0.0000000579. The molecular weight excluding hydrogens is 594 g/mol. The van der Waals surface area contributed by atoms with E-state index >= 15 is 0 Å². The molecule has 28 heavy (non-hydrogen) atoms. The van der Waals surface area contributed by atoms with Gasteiger partial charge in [-0.1, -0.05) is 106 Å². The van der Waals surface area contributed by atoms with Crippen LogP contribution in [0.25, 0.3) is 0 Å². The molecule has 0 aliphatic rings. The van der Waals surface area contributed by atoms with E-state index in [1.807, 2.05) is 13.8 Å². The van der Waals surface area contributed by atoms with Crippen LogP contribution in [-0.2, 0) is 4.79 Å². The number of rotatable bonds is 7. The zero-order chi connectivity index (χ0) is 22.0. The number of carbonyl (C=O) groups excluding carboxylic acids is 1. The number of hydrogen-bond donors (Lipinski definition) is 0. The van der Waals surface area contributed by atoms with Crippen LogP contribution in [0.5, 0.6) is 0 Å². The second kappa shape index (κ2) is 27.0. The van der Waals surface area contributed by atoms with Gasteiger partial charge in [0.1, 0.15) is 0 Å². The molecule has 2 radical (unpaired) electrons. The molecule has 0 aliphatic carbocycles. The predicted molar refractivity (Wildman–Crippen MR) is 123 cm³/mol. The van der Waals surface area contributed by atoms with Crippen molar-refractivity contribution in [2.24, 2.45) is 22.7 Å². The van der Waals surface area contributed by atoms with Crippen molar-refractivity contribution in [3.8, 4) is 0 Å². The maximum absolute atomic E-state index is 10.0. The minimum atomic E-state index is 0. The third kappa shape index (κ3) is 51.0. The Kier molecular flexibility index (Phi) is 42.1. The monoisotopic (exact) mass is 646 g/mol. The average Bonchev–Trinajstić information content (AvgIpc) is 2.48. The van der Waals surface area contributed by atoms with Crippen LogP contribution in [0.4, 0.5) is 0 Å². The topological polar surface area (TPSA) is 17.1 Å². The van der Waals surface area contributed by atoms with E-state index in [4.69, 9.17) is 0 Å². The molecule has 0 amide bonds. The van der Waals surface area contributed by atoms with E-state index in [2.05, 4.69) is 83.1 Å². The van der Waals surface area contributed by atoms with Gasteiger partial charge >= 0.3 is 0 Å². The van der Waals surface area contributed by atoms with E-state index in [9.17, 15) is 4.79 Å². The molecule has 0 atom stereocenters. The first-order valence-corrected chi connectivity index (χ1v) is 10.4. The van der Waals surface area contributed by atoms with Crippen LogP contribution in [0.1, 0.15) is 108 Å². The number of Topliss-reactive ketones (excluding diaryl/α,β-unsaturated/α-hetero) is 1. The zero-order valence-electron chi connectivity index (χ0n) is 21.3. The van der Waals surface area contributed by atoms with Crippen molar-refractivity contribution in [3.63, 3.8) is 0 Å². The molecule has 3 heteroatoms. The summed E-state index contributed by atoms with van der Waals surface area (Å²) in [4.78, 5) is 10.0. The summed E-state index contributed by atoms with van der Waals surface area (Å²) in [5, 5.41) is 0. The molecule has 0 aromatic heterocycles. The van der Waals surface area contributed by atoms with Crippen LogP contribution >= 0.6 is 0 Å². The van der Waals surface area contributed by atoms with Crippen molar-refractivity contribution in [1.29, 1.82) is 0 Å². The fourth-order valence-electron chi connectivity index (χ4n) is 1.60. The van der Waals surface area contributed by atoms with Crippen LogP contribution in [0.15, 0.2) is 0 Å². The van der Waals surface area contributed by atoms with Crippen molar-refractivity contribution in [2.75, 3.05) is 0 Å². The molecule has 0 aliphatic heterocycles. The van der Waals surface area contributed by atoms with Crippen molar-refractivity contribution in [3.05, 3.63) is 27.7 Å². The standard InChI is InChI=1S/2C8H17.C5H9O.C4H9.2La/c2*1-5-7-8(3,4)6-2;1-4(2)5(3)6;1-4(2)3;;/h2*2,5-7H2,1,3-4H3;4H,3H2,1-2H3;4H,1H2,2-3H3;;/q4*-1;;. The molecule has 0 fully saturated rings. The van der Waals surface area contributed by atoms with Crippen molar-refractivity contribution >= 4 is 5.78 Å². The minimum Gasteiger partial charge on any atom is -0.343 e. The molecule has 0 saturated carbocycles. The normalized spacial score (nSPS) is 10.1. The van der Waals surface area contributed by atoms with Crippen molar-refractivity contribution in [1.82, 2.24) is 0 Å². The second-order valence-electron chi connectivity index (χ2n) is 9.34. The molecule has 0 N–H and O–H groups in total. The number of ketones is 1. The Morgan fingerprint density at radius 1 is 0.786 bits per heavy atom. The third-order valence-corrected chi connectivity index (χ3v) is 3.85. The first kappa shape index (κ1) is 43.7. The molecule has 0 rings (SSSR count). The van der Waals surface area contributed by atoms with Gasteiger partial charge in [0.15, 0.2) is 0 Å². The summed E-state index contributed by atoms with van der Waals surface area (Å²) >= 11 is 0. The maximum Gasteiger partial charge on any atom is 0 e. The van der Waals surface area contributed by atoms with Gasteiger partial charge in [0.05, 0.1) is 0 Å². The Labute approximate surface area is 237 Å². The van der Waals surface area contributed by atoms with Gasteiger partial charge in [0.25, 0.3) is 0 Å². The summed E-state index contributed by atoms with van der Waals surface area (Å²) in [5.41, 5.74) is 0.962. The first-order chi connectivity index (χ1) is 11.6. The van der Waals surface area contributed by atoms with Crippen LogP contribution in [0.3, 0.4) is 0 Å². The van der Waals surface area contributed by atoms with Gasteiger partial charge in [-0.3, -0.25) is 0 Å². The smallest absolute Gasteiger partial charge is 0 e. The van der Waals surface area contributed by atoms with E-state index in [-0.39, 0.29) is 82.9 Å². The summed E-state index contributed by atoms with van der Waals surface area (Å²) in [6, 6.07) is 0. The van der Waals surface area contributed by atoms with Gasteiger partial charge in [0.2, 0.25) is 0 Å². The fraction of sp³-hybridized carbons (Fsp3) is 0.800. The molecule has 0 bridgehead atoms. The van der Waals surface area contributed by atoms with Gasteiger partial charge in [-0.25, -0.2) is 0 Å². The fourth-order valence-corrected chi connectivity index (χ4v) is 1.60. The number of carbonyl (C=O) groups is 1. The predicted octanol–water partition coefficient (Wildman–Crippen LogP) is 8.60. The zero-order valence-corrected chi connectivity index (χ0v) is 28.5. The Bertz CT molecular complexity index is 274. The molecule has 0 aromatic carbocycles. The van der Waals surface area contributed by atoms with Crippen LogP contribution in [0, 0.1) is 122 Å². The maximum atomic E-state index is 10.0. The van der Waals surface area contributed by atoms with Crippen LogP contribution < -0.4 is 0 Å². The van der Waals surface area contributed by atoms with E-state index in [1.54, 1.807) is 0 Å². The molecule has 0 heterocycles. The van der Waals surface area contributed by atoms with Gasteiger partial charge in [-0.05, 0) is 11.7 Å². The van der Waals surface area contributed by atoms with Gasteiger partial charge in [0, 0.05) is 71.2 Å². The molecule has 0 unspecified atom stereocenters. The Morgan fingerprint density at radius 2 is 0.964 bits per heavy atom. The van der Waals surface area contributed by atoms with Gasteiger partial charge in [-0.15, -0.1) is 0 Å². The molecule has 168 valence electrons. The average molecular weight is 647 g/mol. The van der Waals surface area contributed by atoms with Crippen LogP contribution in [0.2, 0.25) is 0 Å². The van der Waals surface area contributed by atoms with Gasteiger partial charge in [-0.2, -0.15) is 18.8 Å². The minimum absolute atomic E-state index is 0. The third-order valence-electron chi connectivity index (χ3n) is 3.85. The second-order valence-corrected chi connectivity index (χ2v) is 9.34. The summed E-state index contributed by atoms with van der Waals surface area (Å²) in [6.07, 6.45) is 7.28. The van der Waals surface area contributed by atoms with E-state index in [1.165, 1.54) is 25.7 Å². The quantitative estimate of drug-likeness (QED) is 0.253. The summed E-state index contributed by atoms with van der Waals surface area (Å²) in [5.74, 6) is 0.694. The van der Waals surface area contributed by atoms with Crippen molar-refractivity contribution in [2.45, 2.75) is 108 Å². The summed E-state index contributed by atoms with van der Waals surface area (Å²) < 4.78 is 0. The van der Waals surface area contributed by atoms with E-state index in [0.29, 0.717) is 16.7 Å². The Morgan fingerprint density at radius 3 is 1.00 bits per heavy atom. The molecule has 0 spiro atoms. The van der Waals surface area contributed by atoms with Crippen molar-refractivity contribution < 1.29 is 76.0 Å². The van der Waals surface area contributed by atoms with Gasteiger partial charge < -0.3 is 32.5 Å². The largest absolute Gasteiger partial charge is 0.343 e. The first-order valence-electron chi connectivity index (χ1n) is 10.4.